The van der Waals surface area contributed by atoms with Gasteiger partial charge < -0.3 is 9.47 Å². The molecule has 0 spiro atoms. The number of imidazole rings is 2. The van der Waals surface area contributed by atoms with Crippen molar-refractivity contribution >= 4 is 22.2 Å². The SMILES string of the molecule is CC(C)n1ccnc1[C@@H]1CCCN(C(=O)Cc2cn3ccsc3n2)C1. The van der Waals surface area contributed by atoms with Gasteiger partial charge in [0.25, 0.3) is 0 Å². The Morgan fingerprint density at radius 3 is 3.08 bits per heavy atom. The molecule has 0 radical (unpaired) electrons. The topological polar surface area (TPSA) is 55.4 Å². The van der Waals surface area contributed by atoms with Gasteiger partial charge in [0.2, 0.25) is 5.91 Å². The number of hydrogen-bond acceptors (Lipinski definition) is 4. The second-order valence-electron chi connectivity index (χ2n) is 6.97. The highest BCUT2D eigenvalue weighted by atomic mass is 32.1. The molecule has 1 atom stereocenters. The third-order valence-electron chi connectivity index (χ3n) is 4.87. The zero-order valence-corrected chi connectivity index (χ0v) is 15.4. The van der Waals surface area contributed by atoms with Gasteiger partial charge in [-0.3, -0.25) is 9.20 Å². The Morgan fingerprint density at radius 2 is 2.28 bits per heavy atom. The Balaban J connectivity index is 1.46. The maximum atomic E-state index is 12.8. The van der Waals surface area contributed by atoms with Crippen molar-refractivity contribution in [2.45, 2.75) is 45.1 Å². The molecule has 0 aliphatic carbocycles. The molecular formula is C18H23N5OS. The smallest absolute Gasteiger partial charge is 0.228 e. The summed E-state index contributed by atoms with van der Waals surface area (Å²) in [4.78, 5) is 24.8. The fourth-order valence-corrected chi connectivity index (χ4v) is 4.34. The van der Waals surface area contributed by atoms with Gasteiger partial charge in [-0.15, -0.1) is 11.3 Å². The number of carbonyl (C=O) groups is 1. The van der Waals surface area contributed by atoms with Gasteiger partial charge >= 0.3 is 0 Å². The van der Waals surface area contributed by atoms with Gasteiger partial charge in [-0.2, -0.15) is 0 Å². The van der Waals surface area contributed by atoms with E-state index in [1.54, 1.807) is 11.3 Å². The molecule has 4 rings (SSSR count). The molecule has 6 nitrogen and oxygen atoms in total. The van der Waals surface area contributed by atoms with E-state index in [0.29, 0.717) is 18.4 Å². The molecule has 3 aromatic heterocycles. The van der Waals surface area contributed by atoms with Crippen LogP contribution in [0.4, 0.5) is 0 Å². The Labute approximate surface area is 151 Å². The molecule has 1 amide bonds. The lowest BCUT2D eigenvalue weighted by Gasteiger charge is -2.33. The highest BCUT2D eigenvalue weighted by molar-refractivity contribution is 7.15. The van der Waals surface area contributed by atoms with Crippen molar-refractivity contribution in [2.24, 2.45) is 0 Å². The highest BCUT2D eigenvalue weighted by Crippen LogP contribution is 2.28. The van der Waals surface area contributed by atoms with Crippen molar-refractivity contribution in [2.75, 3.05) is 13.1 Å². The van der Waals surface area contributed by atoms with Gasteiger partial charge in [0, 0.05) is 55.2 Å². The van der Waals surface area contributed by atoms with Crippen LogP contribution in [0.5, 0.6) is 0 Å². The monoisotopic (exact) mass is 357 g/mol. The van der Waals surface area contributed by atoms with Gasteiger partial charge in [0.05, 0.1) is 12.1 Å². The number of likely N-dealkylation sites (tertiary alicyclic amines) is 1. The zero-order valence-electron chi connectivity index (χ0n) is 14.6. The molecule has 0 aromatic carbocycles. The second-order valence-corrected chi connectivity index (χ2v) is 7.84. The van der Waals surface area contributed by atoms with E-state index in [0.717, 1.165) is 42.4 Å². The Kier molecular flexibility index (Phi) is 4.33. The average Bonchev–Trinajstić information content (AvgIpc) is 3.30. The van der Waals surface area contributed by atoms with E-state index in [1.807, 2.05) is 39.5 Å². The lowest BCUT2D eigenvalue weighted by atomic mass is 9.96. The van der Waals surface area contributed by atoms with Gasteiger partial charge in [0.1, 0.15) is 5.82 Å². The molecule has 3 aromatic rings. The fraction of sp³-hybridized carbons (Fsp3) is 0.500. The van der Waals surface area contributed by atoms with Crippen molar-refractivity contribution in [3.63, 3.8) is 0 Å². The predicted octanol–water partition coefficient (Wildman–Crippen LogP) is 3.12. The van der Waals surface area contributed by atoms with Crippen LogP contribution in [0.3, 0.4) is 0 Å². The quantitative estimate of drug-likeness (QED) is 0.721. The molecule has 1 aliphatic rings. The van der Waals surface area contributed by atoms with Crippen molar-refractivity contribution in [1.29, 1.82) is 0 Å². The van der Waals surface area contributed by atoms with Crippen LogP contribution in [0, 0.1) is 0 Å². The van der Waals surface area contributed by atoms with Crippen LogP contribution in [0.1, 0.15) is 50.2 Å². The summed E-state index contributed by atoms with van der Waals surface area (Å²) < 4.78 is 4.20. The van der Waals surface area contributed by atoms with E-state index in [2.05, 4.69) is 28.4 Å². The summed E-state index contributed by atoms with van der Waals surface area (Å²) in [6, 6.07) is 0.391. The van der Waals surface area contributed by atoms with Crippen LogP contribution >= 0.6 is 11.3 Å². The Morgan fingerprint density at radius 1 is 1.40 bits per heavy atom. The van der Waals surface area contributed by atoms with Crippen LogP contribution in [-0.4, -0.2) is 42.8 Å². The van der Waals surface area contributed by atoms with Crippen LogP contribution in [-0.2, 0) is 11.2 Å². The van der Waals surface area contributed by atoms with Crippen molar-refractivity contribution < 1.29 is 4.79 Å². The second kappa shape index (κ2) is 6.63. The summed E-state index contributed by atoms with van der Waals surface area (Å²) >= 11 is 1.59. The van der Waals surface area contributed by atoms with E-state index < -0.39 is 0 Å². The third kappa shape index (κ3) is 3.20. The molecule has 0 N–H and O–H groups in total. The average molecular weight is 357 g/mol. The Bertz CT molecular complexity index is 848. The van der Waals surface area contributed by atoms with Crippen molar-refractivity contribution in [1.82, 2.24) is 23.8 Å². The van der Waals surface area contributed by atoms with Gasteiger partial charge in [0.15, 0.2) is 4.96 Å². The van der Waals surface area contributed by atoms with Crippen molar-refractivity contribution in [3.05, 3.63) is 41.7 Å². The summed E-state index contributed by atoms with van der Waals surface area (Å²) in [6.07, 6.45) is 10.3. The molecule has 0 unspecified atom stereocenters. The molecule has 0 saturated carbocycles. The zero-order chi connectivity index (χ0) is 17.4. The normalized spacial score (nSPS) is 18.4. The largest absolute Gasteiger partial charge is 0.342 e. The molecule has 1 aliphatic heterocycles. The number of piperidine rings is 1. The number of fused-ring (bicyclic) bond motifs is 1. The number of carbonyl (C=O) groups excluding carboxylic acids is 1. The predicted molar refractivity (Wildman–Crippen MR) is 97.9 cm³/mol. The first-order chi connectivity index (χ1) is 12.1. The first-order valence-corrected chi connectivity index (χ1v) is 9.71. The van der Waals surface area contributed by atoms with E-state index in [-0.39, 0.29) is 5.91 Å². The van der Waals surface area contributed by atoms with E-state index in [1.165, 1.54) is 0 Å². The van der Waals surface area contributed by atoms with Crippen molar-refractivity contribution in [3.8, 4) is 0 Å². The standard InChI is InChI=1S/C18H23N5OS/c1-13(2)23-7-5-19-17(23)14-4-3-6-21(11-14)16(24)10-15-12-22-8-9-25-18(22)20-15/h5,7-9,12-14H,3-4,6,10-11H2,1-2H3/t14-/m1/s1. The van der Waals surface area contributed by atoms with E-state index in [4.69, 9.17) is 0 Å². The lowest BCUT2D eigenvalue weighted by molar-refractivity contribution is -0.131. The van der Waals surface area contributed by atoms with Gasteiger partial charge in [-0.25, -0.2) is 9.97 Å². The Hall–Kier alpha value is -2.15. The molecule has 7 heteroatoms. The van der Waals surface area contributed by atoms with Gasteiger partial charge in [-0.1, -0.05) is 0 Å². The molecule has 25 heavy (non-hydrogen) atoms. The summed E-state index contributed by atoms with van der Waals surface area (Å²) in [7, 11) is 0. The first-order valence-electron chi connectivity index (χ1n) is 8.83. The minimum atomic E-state index is 0.165. The number of nitrogens with zero attached hydrogens (tertiary/aromatic N) is 5. The van der Waals surface area contributed by atoms with E-state index in [9.17, 15) is 4.79 Å². The summed E-state index contributed by atoms with van der Waals surface area (Å²) in [5, 5.41) is 2.00. The number of aromatic nitrogens is 4. The highest BCUT2D eigenvalue weighted by Gasteiger charge is 2.28. The molecule has 1 saturated heterocycles. The lowest BCUT2D eigenvalue weighted by Crippen LogP contribution is -2.40. The summed E-state index contributed by atoms with van der Waals surface area (Å²) in [6.45, 7) is 5.92. The van der Waals surface area contributed by atoms with Gasteiger partial charge in [-0.05, 0) is 26.7 Å². The third-order valence-corrected chi connectivity index (χ3v) is 5.64. The molecule has 1 fully saturated rings. The number of hydrogen-bond donors (Lipinski definition) is 0. The fourth-order valence-electron chi connectivity index (χ4n) is 3.62. The number of rotatable bonds is 4. The molecule has 132 valence electrons. The number of amides is 1. The molecule has 0 bridgehead atoms. The maximum absolute atomic E-state index is 12.8. The van der Waals surface area contributed by atoms with Crippen LogP contribution in [0.25, 0.3) is 4.96 Å². The summed E-state index contributed by atoms with van der Waals surface area (Å²) in [5.41, 5.74) is 0.850. The first kappa shape index (κ1) is 16.3. The molecule has 4 heterocycles. The minimum Gasteiger partial charge on any atom is -0.342 e. The van der Waals surface area contributed by atoms with Crippen LogP contribution < -0.4 is 0 Å². The maximum Gasteiger partial charge on any atom is 0.228 e. The molecular weight excluding hydrogens is 334 g/mol. The van der Waals surface area contributed by atoms with Crippen LogP contribution in [0.15, 0.2) is 30.2 Å². The van der Waals surface area contributed by atoms with E-state index >= 15 is 0 Å². The summed E-state index contributed by atoms with van der Waals surface area (Å²) in [5.74, 6) is 1.59. The number of thiazole rings is 1. The van der Waals surface area contributed by atoms with Crippen LogP contribution in [0.2, 0.25) is 0 Å². The minimum absolute atomic E-state index is 0.165.